The zero-order valence-corrected chi connectivity index (χ0v) is 16.1. The molecule has 0 aromatic heterocycles. The van der Waals surface area contributed by atoms with Gasteiger partial charge in [0.15, 0.2) is 5.96 Å². The van der Waals surface area contributed by atoms with Crippen LogP contribution in [0.5, 0.6) is 0 Å². The number of guanidine groups is 1. The molecule has 1 aliphatic rings. The van der Waals surface area contributed by atoms with Gasteiger partial charge in [0.2, 0.25) is 0 Å². The van der Waals surface area contributed by atoms with Crippen LogP contribution in [0.15, 0.2) is 29.3 Å². The molecule has 1 aromatic carbocycles. The summed E-state index contributed by atoms with van der Waals surface area (Å²) in [4.78, 5) is 16.2. The molecule has 0 aliphatic heterocycles. The van der Waals surface area contributed by atoms with Gasteiger partial charge in [-0.1, -0.05) is 32.4 Å². The summed E-state index contributed by atoms with van der Waals surface area (Å²) in [6, 6.07) is 5.98. The predicted octanol–water partition coefficient (Wildman–Crippen LogP) is 2.94. The molecule has 2 rings (SSSR count). The van der Waals surface area contributed by atoms with Crippen molar-refractivity contribution in [3.8, 4) is 0 Å². The Labute approximate surface area is 155 Å². The van der Waals surface area contributed by atoms with E-state index < -0.39 is 11.7 Å². The first-order chi connectivity index (χ1) is 12.5. The molecule has 0 unspecified atom stereocenters. The number of aliphatic imine (C=N–C) groups is 1. The van der Waals surface area contributed by atoms with Gasteiger partial charge in [-0.25, -0.2) is 4.39 Å². The highest BCUT2D eigenvalue weighted by Crippen LogP contribution is 2.45. The lowest BCUT2D eigenvalue weighted by atomic mass is 9.64. The second-order valence-corrected chi connectivity index (χ2v) is 7.54. The topological polar surface area (TPSA) is 65.5 Å². The van der Waals surface area contributed by atoms with Crippen molar-refractivity contribution in [3.05, 3.63) is 35.6 Å². The molecule has 1 saturated carbocycles. The average Bonchev–Trinajstić information content (AvgIpc) is 2.58. The van der Waals surface area contributed by atoms with Gasteiger partial charge in [0, 0.05) is 26.7 Å². The van der Waals surface area contributed by atoms with E-state index in [2.05, 4.69) is 34.8 Å². The molecule has 1 aliphatic carbocycles. The fourth-order valence-corrected chi connectivity index (χ4v) is 3.59. The number of amides is 1. The number of carbonyl (C=O) groups excluding carboxylic acids is 1. The van der Waals surface area contributed by atoms with E-state index in [-0.39, 0.29) is 5.56 Å². The van der Waals surface area contributed by atoms with Gasteiger partial charge >= 0.3 is 0 Å². The van der Waals surface area contributed by atoms with Gasteiger partial charge in [0.1, 0.15) is 5.82 Å². The van der Waals surface area contributed by atoms with Crippen LogP contribution in [0.3, 0.4) is 0 Å². The van der Waals surface area contributed by atoms with E-state index in [1.54, 1.807) is 19.2 Å². The van der Waals surface area contributed by atoms with E-state index in [9.17, 15) is 9.18 Å². The van der Waals surface area contributed by atoms with Crippen LogP contribution in [0, 0.1) is 17.2 Å². The average molecular weight is 362 g/mol. The molecule has 144 valence electrons. The third-order valence-corrected chi connectivity index (χ3v) is 4.93. The summed E-state index contributed by atoms with van der Waals surface area (Å²) in [5.74, 6) is 0.519. The Morgan fingerprint density at radius 3 is 2.46 bits per heavy atom. The van der Waals surface area contributed by atoms with Crippen molar-refractivity contribution >= 4 is 11.9 Å². The highest BCUT2D eigenvalue weighted by Gasteiger charge is 2.37. The van der Waals surface area contributed by atoms with E-state index in [1.807, 2.05) is 0 Å². The van der Waals surface area contributed by atoms with Gasteiger partial charge in [-0.15, -0.1) is 0 Å². The Morgan fingerprint density at radius 2 is 1.88 bits per heavy atom. The van der Waals surface area contributed by atoms with Crippen LogP contribution in [0.25, 0.3) is 0 Å². The lowest BCUT2D eigenvalue weighted by molar-refractivity contribution is 0.0950. The normalized spacial score (nSPS) is 16.1. The Kier molecular flexibility index (Phi) is 7.42. The monoisotopic (exact) mass is 362 g/mol. The predicted molar refractivity (Wildman–Crippen MR) is 104 cm³/mol. The molecule has 1 aromatic rings. The van der Waals surface area contributed by atoms with Crippen LogP contribution in [0.4, 0.5) is 4.39 Å². The maximum absolute atomic E-state index is 13.6. The zero-order chi connectivity index (χ0) is 19.0. The van der Waals surface area contributed by atoms with Crippen molar-refractivity contribution in [2.45, 2.75) is 39.5 Å². The molecule has 6 heteroatoms. The van der Waals surface area contributed by atoms with Crippen LogP contribution in [-0.4, -0.2) is 38.5 Å². The van der Waals surface area contributed by atoms with Crippen molar-refractivity contribution in [1.29, 1.82) is 0 Å². The maximum Gasteiger partial charge on any atom is 0.254 e. The Hall–Kier alpha value is -2.11. The molecule has 1 amide bonds. The summed E-state index contributed by atoms with van der Waals surface area (Å²) in [7, 11) is 1.74. The first-order valence-corrected chi connectivity index (χ1v) is 9.43. The zero-order valence-electron chi connectivity index (χ0n) is 16.1. The van der Waals surface area contributed by atoms with Crippen LogP contribution in [0.1, 0.15) is 49.9 Å². The van der Waals surface area contributed by atoms with Gasteiger partial charge in [-0.2, -0.15) is 0 Å². The molecule has 0 atom stereocenters. The van der Waals surface area contributed by atoms with Crippen molar-refractivity contribution in [1.82, 2.24) is 16.0 Å². The maximum atomic E-state index is 13.6. The first-order valence-electron chi connectivity index (χ1n) is 9.43. The molecule has 0 radical (unpaired) electrons. The number of nitrogens with one attached hydrogen (secondary N) is 3. The second kappa shape index (κ2) is 9.55. The number of hydrogen-bond acceptors (Lipinski definition) is 2. The van der Waals surface area contributed by atoms with Gasteiger partial charge in [0.25, 0.3) is 5.91 Å². The number of halogens is 1. The largest absolute Gasteiger partial charge is 0.356 e. The first kappa shape index (κ1) is 20.2. The van der Waals surface area contributed by atoms with Crippen LogP contribution < -0.4 is 16.0 Å². The molecule has 1 fully saturated rings. The SMILES string of the molecule is CN=C(NCCNC(=O)c1ccccc1F)NCC1(CC(C)C)CCC1. The van der Waals surface area contributed by atoms with E-state index in [0.717, 1.165) is 12.5 Å². The van der Waals surface area contributed by atoms with Crippen molar-refractivity contribution in [2.24, 2.45) is 16.3 Å². The van der Waals surface area contributed by atoms with Crippen LogP contribution >= 0.6 is 0 Å². The molecule has 0 heterocycles. The third-order valence-electron chi connectivity index (χ3n) is 4.93. The quantitative estimate of drug-likeness (QED) is 0.378. The Morgan fingerprint density at radius 1 is 1.19 bits per heavy atom. The molecule has 0 spiro atoms. The van der Waals surface area contributed by atoms with E-state index >= 15 is 0 Å². The lowest BCUT2D eigenvalue weighted by Gasteiger charge is -2.43. The van der Waals surface area contributed by atoms with Gasteiger partial charge < -0.3 is 16.0 Å². The number of hydrogen-bond donors (Lipinski definition) is 3. The van der Waals surface area contributed by atoms with E-state index in [4.69, 9.17) is 0 Å². The van der Waals surface area contributed by atoms with Crippen molar-refractivity contribution in [2.75, 3.05) is 26.7 Å². The van der Waals surface area contributed by atoms with E-state index in [1.165, 1.54) is 37.8 Å². The summed E-state index contributed by atoms with van der Waals surface area (Å²) < 4.78 is 13.6. The fourth-order valence-electron chi connectivity index (χ4n) is 3.59. The number of nitrogens with zero attached hydrogens (tertiary/aromatic N) is 1. The highest BCUT2D eigenvalue weighted by atomic mass is 19.1. The fraction of sp³-hybridized carbons (Fsp3) is 0.600. The minimum absolute atomic E-state index is 0.0654. The molecule has 0 bridgehead atoms. The minimum Gasteiger partial charge on any atom is -0.356 e. The number of rotatable bonds is 8. The van der Waals surface area contributed by atoms with Crippen molar-refractivity contribution in [3.63, 3.8) is 0 Å². The number of benzene rings is 1. The standard InChI is InChI=1S/C20H31FN4O/c1-15(2)13-20(9-6-10-20)14-25-19(22-3)24-12-11-23-18(26)16-7-4-5-8-17(16)21/h4-5,7-8,15H,6,9-14H2,1-3H3,(H,23,26)(H2,22,24,25). The summed E-state index contributed by atoms with van der Waals surface area (Å²) >= 11 is 0. The highest BCUT2D eigenvalue weighted by molar-refractivity contribution is 5.94. The lowest BCUT2D eigenvalue weighted by Crippen LogP contribution is -2.48. The molecular formula is C20H31FN4O. The van der Waals surface area contributed by atoms with E-state index in [0.29, 0.717) is 24.4 Å². The smallest absolute Gasteiger partial charge is 0.254 e. The molecular weight excluding hydrogens is 331 g/mol. The minimum atomic E-state index is -0.508. The van der Waals surface area contributed by atoms with Gasteiger partial charge in [0.05, 0.1) is 5.56 Å². The molecule has 26 heavy (non-hydrogen) atoms. The van der Waals surface area contributed by atoms with Crippen LogP contribution in [0.2, 0.25) is 0 Å². The molecule has 3 N–H and O–H groups in total. The second-order valence-electron chi connectivity index (χ2n) is 7.54. The molecule has 0 saturated heterocycles. The van der Waals surface area contributed by atoms with Crippen molar-refractivity contribution < 1.29 is 9.18 Å². The number of carbonyl (C=O) groups is 1. The summed E-state index contributed by atoms with van der Waals surface area (Å²) in [6.07, 6.45) is 5.08. The summed E-state index contributed by atoms with van der Waals surface area (Å²) in [6.45, 7) is 6.38. The third kappa shape index (κ3) is 5.71. The van der Waals surface area contributed by atoms with Gasteiger partial charge in [-0.3, -0.25) is 9.79 Å². The Balaban J connectivity index is 1.70. The Bertz CT molecular complexity index is 626. The van der Waals surface area contributed by atoms with Crippen LogP contribution in [-0.2, 0) is 0 Å². The summed E-state index contributed by atoms with van der Waals surface area (Å²) in [5, 5.41) is 9.32. The summed E-state index contributed by atoms with van der Waals surface area (Å²) in [5.41, 5.74) is 0.459. The van der Waals surface area contributed by atoms with Gasteiger partial charge in [-0.05, 0) is 42.7 Å². The molecule has 5 nitrogen and oxygen atoms in total.